The predicted molar refractivity (Wildman–Crippen MR) is 83.5 cm³/mol. The number of aryl methyl sites for hydroxylation is 1. The average Bonchev–Trinajstić information content (AvgIpc) is 2.96. The van der Waals surface area contributed by atoms with Gasteiger partial charge in [-0.25, -0.2) is 0 Å². The number of nitrogens with one attached hydrogen (secondary N) is 1. The standard InChI is InChI=1S/C15H19N3O2S/c1-3-18-10-13(9-16-18)15(19)17-14(11-21(2)20)12-7-5-4-6-8-12/h4-10,14H,3,11H2,1-2H3,(H,17,19). The van der Waals surface area contributed by atoms with Gasteiger partial charge in [0, 0.05) is 35.5 Å². The smallest absolute Gasteiger partial charge is 0.254 e. The Bertz CT molecular complexity index is 625. The van der Waals surface area contributed by atoms with Crippen LogP contribution in [0.15, 0.2) is 42.7 Å². The van der Waals surface area contributed by atoms with Crippen LogP contribution < -0.4 is 5.32 Å². The maximum absolute atomic E-state index is 12.3. The van der Waals surface area contributed by atoms with Crippen molar-refractivity contribution < 1.29 is 9.00 Å². The van der Waals surface area contributed by atoms with Crippen LogP contribution in [-0.4, -0.2) is 31.9 Å². The fraction of sp³-hybridized carbons (Fsp3) is 0.333. The van der Waals surface area contributed by atoms with Crippen LogP contribution in [0.5, 0.6) is 0 Å². The summed E-state index contributed by atoms with van der Waals surface area (Å²) < 4.78 is 13.2. The number of carbonyl (C=O) groups excluding carboxylic acids is 1. The number of rotatable bonds is 6. The second kappa shape index (κ2) is 7.17. The maximum atomic E-state index is 12.3. The molecule has 0 saturated heterocycles. The monoisotopic (exact) mass is 305 g/mol. The minimum Gasteiger partial charge on any atom is -0.344 e. The van der Waals surface area contributed by atoms with E-state index in [1.165, 1.54) is 0 Å². The van der Waals surface area contributed by atoms with E-state index in [4.69, 9.17) is 0 Å². The van der Waals surface area contributed by atoms with Gasteiger partial charge in [-0.2, -0.15) is 5.10 Å². The molecule has 2 aromatic rings. The van der Waals surface area contributed by atoms with Gasteiger partial charge in [-0.1, -0.05) is 30.3 Å². The molecular formula is C15H19N3O2S. The van der Waals surface area contributed by atoms with Gasteiger partial charge in [0.1, 0.15) is 0 Å². The van der Waals surface area contributed by atoms with Gasteiger partial charge < -0.3 is 5.32 Å². The normalized spacial score (nSPS) is 13.6. The van der Waals surface area contributed by atoms with Crippen LogP contribution in [-0.2, 0) is 17.3 Å². The van der Waals surface area contributed by atoms with E-state index < -0.39 is 10.8 Å². The Balaban J connectivity index is 2.14. The zero-order valence-electron chi connectivity index (χ0n) is 12.2. The van der Waals surface area contributed by atoms with Crippen LogP contribution in [0.25, 0.3) is 0 Å². The van der Waals surface area contributed by atoms with Crippen molar-refractivity contribution in [3.8, 4) is 0 Å². The molecule has 5 nitrogen and oxygen atoms in total. The summed E-state index contributed by atoms with van der Waals surface area (Å²) in [6.07, 6.45) is 4.89. The summed E-state index contributed by atoms with van der Waals surface area (Å²) in [7, 11) is -1.00. The van der Waals surface area contributed by atoms with Crippen molar-refractivity contribution in [2.45, 2.75) is 19.5 Å². The first-order chi connectivity index (χ1) is 10.1. The van der Waals surface area contributed by atoms with E-state index in [1.54, 1.807) is 23.3 Å². The van der Waals surface area contributed by atoms with Crippen LogP contribution in [0.3, 0.4) is 0 Å². The second-order valence-electron chi connectivity index (χ2n) is 4.76. The van der Waals surface area contributed by atoms with Gasteiger partial charge in [-0.15, -0.1) is 0 Å². The lowest BCUT2D eigenvalue weighted by Crippen LogP contribution is -2.31. The van der Waals surface area contributed by atoms with Gasteiger partial charge in [0.25, 0.3) is 5.91 Å². The highest BCUT2D eigenvalue weighted by atomic mass is 32.2. The molecule has 1 amide bonds. The minimum atomic E-state index is -1.00. The van der Waals surface area contributed by atoms with E-state index in [-0.39, 0.29) is 11.9 Å². The van der Waals surface area contributed by atoms with Crippen molar-refractivity contribution >= 4 is 16.7 Å². The summed E-state index contributed by atoms with van der Waals surface area (Å²) in [5.74, 6) is 0.187. The third kappa shape index (κ3) is 4.26. The number of aromatic nitrogens is 2. The molecule has 1 aromatic carbocycles. The molecule has 0 bridgehead atoms. The zero-order valence-corrected chi connectivity index (χ0v) is 13.0. The van der Waals surface area contributed by atoms with E-state index >= 15 is 0 Å². The Kier molecular flexibility index (Phi) is 5.27. The number of amides is 1. The Morgan fingerprint density at radius 3 is 2.67 bits per heavy atom. The maximum Gasteiger partial charge on any atom is 0.254 e. The summed E-state index contributed by atoms with van der Waals surface area (Å²) in [6, 6.07) is 9.30. The molecular weight excluding hydrogens is 286 g/mol. The first-order valence-electron chi connectivity index (χ1n) is 6.78. The quantitative estimate of drug-likeness (QED) is 0.884. The predicted octanol–water partition coefficient (Wildman–Crippen LogP) is 1.75. The molecule has 1 heterocycles. The zero-order chi connectivity index (χ0) is 15.2. The van der Waals surface area contributed by atoms with E-state index in [2.05, 4.69) is 10.4 Å². The molecule has 0 radical (unpaired) electrons. The largest absolute Gasteiger partial charge is 0.344 e. The molecule has 0 aliphatic heterocycles. The van der Waals surface area contributed by atoms with Crippen LogP contribution in [0, 0.1) is 0 Å². The summed E-state index contributed by atoms with van der Waals surface area (Å²) >= 11 is 0. The molecule has 0 saturated carbocycles. The summed E-state index contributed by atoms with van der Waals surface area (Å²) in [5.41, 5.74) is 1.46. The van der Waals surface area contributed by atoms with Crippen LogP contribution in [0.4, 0.5) is 0 Å². The highest BCUT2D eigenvalue weighted by Gasteiger charge is 2.18. The number of hydrogen-bond acceptors (Lipinski definition) is 3. The number of benzene rings is 1. The fourth-order valence-electron chi connectivity index (χ4n) is 2.04. The second-order valence-corrected chi connectivity index (χ2v) is 6.24. The topological polar surface area (TPSA) is 64.0 Å². The lowest BCUT2D eigenvalue weighted by molar-refractivity contribution is 0.0940. The van der Waals surface area contributed by atoms with E-state index in [9.17, 15) is 9.00 Å². The van der Waals surface area contributed by atoms with Crippen molar-refractivity contribution in [2.24, 2.45) is 0 Å². The molecule has 1 aromatic heterocycles. The third-order valence-electron chi connectivity index (χ3n) is 3.13. The number of nitrogens with zero attached hydrogens (tertiary/aromatic N) is 2. The van der Waals surface area contributed by atoms with Crippen molar-refractivity contribution in [1.29, 1.82) is 0 Å². The molecule has 1 N–H and O–H groups in total. The first-order valence-corrected chi connectivity index (χ1v) is 8.51. The molecule has 0 spiro atoms. The van der Waals surface area contributed by atoms with Gasteiger partial charge in [-0.05, 0) is 12.5 Å². The highest BCUT2D eigenvalue weighted by Crippen LogP contribution is 2.14. The Morgan fingerprint density at radius 1 is 1.38 bits per heavy atom. The Hall–Kier alpha value is -1.95. The molecule has 0 fully saturated rings. The molecule has 112 valence electrons. The van der Waals surface area contributed by atoms with Crippen LogP contribution in [0.2, 0.25) is 0 Å². The highest BCUT2D eigenvalue weighted by molar-refractivity contribution is 7.84. The van der Waals surface area contributed by atoms with Gasteiger partial charge in [0.05, 0.1) is 17.8 Å². The van der Waals surface area contributed by atoms with Crippen LogP contribution in [0.1, 0.15) is 28.9 Å². The molecule has 0 aliphatic carbocycles. The SMILES string of the molecule is CCn1cc(C(=O)NC(CS(C)=O)c2ccccc2)cn1. The lowest BCUT2D eigenvalue weighted by Gasteiger charge is -2.17. The average molecular weight is 305 g/mol. The molecule has 2 unspecified atom stereocenters. The third-order valence-corrected chi connectivity index (χ3v) is 3.93. The van der Waals surface area contributed by atoms with Crippen molar-refractivity contribution in [3.05, 3.63) is 53.9 Å². The summed E-state index contributed by atoms with van der Waals surface area (Å²) in [6.45, 7) is 2.68. The summed E-state index contributed by atoms with van der Waals surface area (Å²) in [5, 5.41) is 7.03. The van der Waals surface area contributed by atoms with Crippen LogP contribution >= 0.6 is 0 Å². The minimum absolute atomic E-state index is 0.200. The van der Waals surface area contributed by atoms with Gasteiger partial charge >= 0.3 is 0 Å². The first kappa shape index (κ1) is 15.4. The van der Waals surface area contributed by atoms with Crippen molar-refractivity contribution in [2.75, 3.05) is 12.0 Å². The fourth-order valence-corrected chi connectivity index (χ4v) is 2.78. The summed E-state index contributed by atoms with van der Waals surface area (Å²) in [4.78, 5) is 12.3. The Labute approximate surface area is 126 Å². The molecule has 0 aliphatic rings. The van der Waals surface area contributed by atoms with Gasteiger partial charge in [0.2, 0.25) is 0 Å². The molecule has 2 atom stereocenters. The van der Waals surface area contributed by atoms with Crippen molar-refractivity contribution in [3.63, 3.8) is 0 Å². The van der Waals surface area contributed by atoms with Gasteiger partial charge in [-0.3, -0.25) is 13.7 Å². The molecule has 2 rings (SSSR count). The van der Waals surface area contributed by atoms with Crippen molar-refractivity contribution in [1.82, 2.24) is 15.1 Å². The van der Waals surface area contributed by atoms with E-state index in [0.717, 1.165) is 5.56 Å². The van der Waals surface area contributed by atoms with E-state index in [1.807, 2.05) is 37.3 Å². The van der Waals surface area contributed by atoms with Gasteiger partial charge in [0.15, 0.2) is 0 Å². The molecule has 6 heteroatoms. The Morgan fingerprint density at radius 2 is 2.10 bits per heavy atom. The number of hydrogen-bond donors (Lipinski definition) is 1. The number of carbonyl (C=O) groups is 1. The van der Waals surface area contributed by atoms with E-state index in [0.29, 0.717) is 17.9 Å². The molecule has 21 heavy (non-hydrogen) atoms. The lowest BCUT2D eigenvalue weighted by atomic mass is 10.1.